The molecule has 2 aliphatic rings. The molecule has 1 heteroatoms. The van der Waals surface area contributed by atoms with E-state index in [9.17, 15) is 0 Å². The maximum Gasteiger partial charge on any atom is 0.00672 e. The average Bonchev–Trinajstić information content (AvgIpc) is 2.63. The smallest absolute Gasteiger partial charge is 0.00672 e. The normalized spacial score (nSPS) is 39.2. The van der Waals surface area contributed by atoms with E-state index in [1.54, 1.807) is 0 Å². The number of nitrogens with one attached hydrogen (secondary N) is 1. The fourth-order valence-electron chi connectivity index (χ4n) is 3.83. The van der Waals surface area contributed by atoms with Crippen molar-refractivity contribution in [3.05, 3.63) is 0 Å². The van der Waals surface area contributed by atoms with Crippen LogP contribution in [0.4, 0.5) is 0 Å². The van der Waals surface area contributed by atoms with E-state index in [4.69, 9.17) is 0 Å². The van der Waals surface area contributed by atoms with Crippen LogP contribution in [0.1, 0.15) is 71.6 Å². The van der Waals surface area contributed by atoms with Gasteiger partial charge in [0.05, 0.1) is 0 Å². The second kappa shape index (κ2) is 6.78. The van der Waals surface area contributed by atoms with Crippen LogP contribution in [-0.4, -0.2) is 12.6 Å². The van der Waals surface area contributed by atoms with E-state index in [1.807, 2.05) is 0 Å². The zero-order valence-electron chi connectivity index (χ0n) is 11.9. The van der Waals surface area contributed by atoms with Gasteiger partial charge < -0.3 is 5.32 Å². The second-order valence-corrected chi connectivity index (χ2v) is 6.56. The third-order valence-electron chi connectivity index (χ3n) is 5.37. The molecule has 0 aromatic rings. The first kappa shape index (κ1) is 13.4. The van der Waals surface area contributed by atoms with Crippen LogP contribution in [0.2, 0.25) is 0 Å². The Hall–Kier alpha value is -0.0400. The molecule has 0 heterocycles. The molecule has 0 amide bonds. The summed E-state index contributed by atoms with van der Waals surface area (Å²) in [5.74, 6) is 2.96. The summed E-state index contributed by atoms with van der Waals surface area (Å²) >= 11 is 0. The Morgan fingerprint density at radius 2 is 1.76 bits per heavy atom. The number of hydrogen-bond donors (Lipinski definition) is 1. The van der Waals surface area contributed by atoms with Gasteiger partial charge in [0.15, 0.2) is 0 Å². The molecule has 0 aliphatic heterocycles. The molecule has 17 heavy (non-hydrogen) atoms. The van der Waals surface area contributed by atoms with Gasteiger partial charge in [0.25, 0.3) is 0 Å². The molecule has 2 saturated carbocycles. The van der Waals surface area contributed by atoms with Crippen LogP contribution in [0.5, 0.6) is 0 Å². The van der Waals surface area contributed by atoms with Crippen molar-refractivity contribution in [3.63, 3.8) is 0 Å². The number of hydrogen-bond acceptors (Lipinski definition) is 1. The molecule has 0 aromatic carbocycles. The van der Waals surface area contributed by atoms with Gasteiger partial charge in [-0.3, -0.25) is 0 Å². The minimum atomic E-state index is 0.833. The third kappa shape index (κ3) is 3.98. The summed E-state index contributed by atoms with van der Waals surface area (Å²) in [5, 5.41) is 3.88. The Kier molecular flexibility index (Phi) is 5.34. The van der Waals surface area contributed by atoms with Gasteiger partial charge in [0.2, 0.25) is 0 Å². The van der Waals surface area contributed by atoms with Gasteiger partial charge in [-0.05, 0) is 50.0 Å². The van der Waals surface area contributed by atoms with Crippen molar-refractivity contribution in [2.75, 3.05) is 6.54 Å². The fraction of sp³-hybridized carbons (Fsp3) is 1.00. The predicted molar refractivity (Wildman–Crippen MR) is 75.2 cm³/mol. The quantitative estimate of drug-likeness (QED) is 0.716. The van der Waals surface area contributed by atoms with Gasteiger partial charge in [-0.25, -0.2) is 0 Å². The van der Waals surface area contributed by atoms with E-state index in [0.29, 0.717) is 0 Å². The Bertz CT molecular complexity index is 214. The fourth-order valence-corrected chi connectivity index (χ4v) is 3.83. The summed E-state index contributed by atoms with van der Waals surface area (Å²) in [5.41, 5.74) is 0. The van der Waals surface area contributed by atoms with Gasteiger partial charge in [0.1, 0.15) is 0 Å². The van der Waals surface area contributed by atoms with E-state index < -0.39 is 0 Å². The highest BCUT2D eigenvalue weighted by Crippen LogP contribution is 2.31. The lowest BCUT2D eigenvalue weighted by Gasteiger charge is -2.21. The molecule has 0 aromatic heterocycles. The topological polar surface area (TPSA) is 12.0 Å². The molecule has 0 bridgehead atoms. The zero-order chi connectivity index (χ0) is 12.1. The molecule has 2 aliphatic carbocycles. The molecule has 1 nitrogen and oxygen atoms in total. The lowest BCUT2D eigenvalue weighted by Crippen LogP contribution is -2.33. The van der Waals surface area contributed by atoms with Crippen LogP contribution in [0, 0.1) is 17.8 Å². The maximum atomic E-state index is 3.88. The first-order chi connectivity index (χ1) is 8.29. The lowest BCUT2D eigenvalue weighted by atomic mass is 9.96. The molecular formula is C16H31N. The Labute approximate surface area is 108 Å². The highest BCUT2D eigenvalue weighted by atomic mass is 14.9. The van der Waals surface area contributed by atoms with Crippen LogP contribution in [0.15, 0.2) is 0 Å². The first-order valence-corrected chi connectivity index (χ1v) is 8.03. The summed E-state index contributed by atoms with van der Waals surface area (Å²) in [6, 6.07) is 0.833. The summed E-state index contributed by atoms with van der Waals surface area (Å²) < 4.78 is 0. The Morgan fingerprint density at radius 3 is 2.47 bits per heavy atom. The van der Waals surface area contributed by atoms with E-state index in [1.165, 1.54) is 64.3 Å². The largest absolute Gasteiger partial charge is 0.314 e. The van der Waals surface area contributed by atoms with Crippen molar-refractivity contribution in [1.29, 1.82) is 0 Å². The van der Waals surface area contributed by atoms with Gasteiger partial charge in [-0.2, -0.15) is 0 Å². The molecule has 1 N–H and O–H groups in total. The summed E-state index contributed by atoms with van der Waals surface area (Å²) in [6.07, 6.45) is 13.1. The van der Waals surface area contributed by atoms with Gasteiger partial charge in [-0.15, -0.1) is 0 Å². The minimum absolute atomic E-state index is 0.833. The molecule has 2 rings (SSSR count). The first-order valence-electron chi connectivity index (χ1n) is 8.03. The van der Waals surface area contributed by atoms with Crippen LogP contribution in [-0.2, 0) is 0 Å². The molecule has 100 valence electrons. The molecule has 4 unspecified atom stereocenters. The van der Waals surface area contributed by atoms with Crippen LogP contribution in [0.25, 0.3) is 0 Å². The number of rotatable bonds is 4. The zero-order valence-corrected chi connectivity index (χ0v) is 11.9. The molecular weight excluding hydrogens is 206 g/mol. The van der Waals surface area contributed by atoms with Gasteiger partial charge in [0, 0.05) is 6.04 Å². The summed E-state index contributed by atoms with van der Waals surface area (Å²) in [7, 11) is 0. The molecule has 0 spiro atoms. The van der Waals surface area contributed by atoms with Crippen molar-refractivity contribution in [3.8, 4) is 0 Å². The molecule has 0 saturated heterocycles. The van der Waals surface area contributed by atoms with Crippen molar-refractivity contribution >= 4 is 0 Å². The van der Waals surface area contributed by atoms with E-state index in [2.05, 4.69) is 19.2 Å². The minimum Gasteiger partial charge on any atom is -0.314 e. The van der Waals surface area contributed by atoms with Crippen molar-refractivity contribution < 1.29 is 0 Å². The SMILES string of the molecule is CCC1CCCC(NCC2CCCC2C)CC1. The Balaban J connectivity index is 1.68. The van der Waals surface area contributed by atoms with Crippen LogP contribution >= 0.6 is 0 Å². The van der Waals surface area contributed by atoms with Crippen molar-refractivity contribution in [2.24, 2.45) is 17.8 Å². The van der Waals surface area contributed by atoms with Crippen LogP contribution < -0.4 is 5.32 Å². The van der Waals surface area contributed by atoms with Gasteiger partial charge >= 0.3 is 0 Å². The molecule has 0 radical (unpaired) electrons. The maximum absolute atomic E-state index is 3.88. The van der Waals surface area contributed by atoms with Crippen LogP contribution in [0.3, 0.4) is 0 Å². The van der Waals surface area contributed by atoms with E-state index >= 15 is 0 Å². The van der Waals surface area contributed by atoms with Gasteiger partial charge in [-0.1, -0.05) is 46.0 Å². The highest BCUT2D eigenvalue weighted by Gasteiger charge is 2.24. The molecule has 2 fully saturated rings. The Morgan fingerprint density at radius 1 is 0.941 bits per heavy atom. The van der Waals surface area contributed by atoms with E-state index in [0.717, 1.165) is 23.8 Å². The second-order valence-electron chi connectivity index (χ2n) is 6.56. The van der Waals surface area contributed by atoms with E-state index in [-0.39, 0.29) is 0 Å². The monoisotopic (exact) mass is 237 g/mol. The lowest BCUT2D eigenvalue weighted by molar-refractivity contribution is 0.349. The average molecular weight is 237 g/mol. The standard InChI is InChI=1S/C16H31N/c1-3-14-7-5-9-16(11-10-14)17-12-15-8-4-6-13(15)2/h13-17H,3-12H2,1-2H3. The summed E-state index contributed by atoms with van der Waals surface area (Å²) in [6.45, 7) is 6.10. The highest BCUT2D eigenvalue weighted by molar-refractivity contribution is 4.80. The molecule has 4 atom stereocenters. The third-order valence-corrected chi connectivity index (χ3v) is 5.37. The van der Waals surface area contributed by atoms with Crippen molar-refractivity contribution in [1.82, 2.24) is 5.32 Å². The summed E-state index contributed by atoms with van der Waals surface area (Å²) in [4.78, 5) is 0. The predicted octanol–water partition coefficient (Wildman–Crippen LogP) is 4.37. The van der Waals surface area contributed by atoms with Crippen molar-refractivity contribution in [2.45, 2.75) is 77.7 Å².